The Morgan fingerprint density at radius 2 is 1.40 bits per heavy atom. The normalized spacial score (nSPS) is 22.8. The van der Waals surface area contributed by atoms with Crippen LogP contribution < -0.4 is 10.5 Å². The molecule has 1 saturated heterocycles. The molecular weight excluding hydrogens is 301 g/mol. The first-order valence-electron chi connectivity index (χ1n) is 9.10. The second-order valence-corrected chi connectivity index (χ2v) is 9.63. The molecule has 0 amide bonds. The van der Waals surface area contributed by atoms with Crippen molar-refractivity contribution in [1.82, 2.24) is 0 Å². The molecule has 1 aromatic carbocycles. The van der Waals surface area contributed by atoms with Gasteiger partial charge in [0.15, 0.2) is 0 Å². The molecular formula is C14H23B8NO2. The fourth-order valence-electron chi connectivity index (χ4n) is 4.89. The molecule has 0 radical (unpaired) electrons. The maximum Gasteiger partial charge on any atom is 0.336 e. The third-order valence-electron chi connectivity index (χ3n) is 7.93. The molecule has 0 unspecified atom stereocenters. The highest BCUT2D eigenvalue weighted by Gasteiger charge is 2.64. The van der Waals surface area contributed by atoms with Crippen LogP contribution >= 0.6 is 0 Å². The SMILES string of the molecule is BC1(B)N(c2ccc3c(C)cc(=O)oc3c2)C(B)(B)C(B)(B)C1(B)B. The largest absolute Gasteiger partial charge is 0.423 e. The zero-order valence-corrected chi connectivity index (χ0v) is 17.1. The molecule has 0 atom stereocenters. The summed E-state index contributed by atoms with van der Waals surface area (Å²) in [6.07, 6.45) is 0. The first kappa shape index (κ1) is 18.5. The van der Waals surface area contributed by atoms with Crippen LogP contribution in [0.25, 0.3) is 11.0 Å². The summed E-state index contributed by atoms with van der Waals surface area (Å²) in [4.78, 5) is 14.3. The van der Waals surface area contributed by atoms with E-state index in [2.05, 4.69) is 79.8 Å². The summed E-state index contributed by atoms with van der Waals surface area (Å²) in [5.41, 5.74) is 2.44. The van der Waals surface area contributed by atoms with E-state index in [9.17, 15) is 4.79 Å². The Morgan fingerprint density at radius 3 is 1.92 bits per heavy atom. The van der Waals surface area contributed by atoms with Gasteiger partial charge in [-0.05, 0) is 35.3 Å². The topological polar surface area (TPSA) is 33.5 Å². The minimum absolute atomic E-state index is 0.0577. The minimum atomic E-state index is -0.289. The maximum atomic E-state index is 11.8. The number of hydrogen-bond acceptors (Lipinski definition) is 3. The average Bonchev–Trinajstić information content (AvgIpc) is 2.51. The molecule has 0 saturated carbocycles. The Balaban J connectivity index is 2.28. The first-order valence-corrected chi connectivity index (χ1v) is 9.10. The van der Waals surface area contributed by atoms with Crippen LogP contribution in [0.1, 0.15) is 5.56 Å². The van der Waals surface area contributed by atoms with Gasteiger partial charge >= 0.3 is 5.63 Å². The van der Waals surface area contributed by atoms with Gasteiger partial charge in [0.25, 0.3) is 0 Å². The monoisotopic (exact) mass is 325 g/mol. The van der Waals surface area contributed by atoms with Crippen molar-refractivity contribution in [3.63, 3.8) is 0 Å². The van der Waals surface area contributed by atoms with Gasteiger partial charge in [-0.1, -0.05) is 10.4 Å². The van der Waals surface area contributed by atoms with Gasteiger partial charge in [-0.25, -0.2) is 4.79 Å². The fourth-order valence-corrected chi connectivity index (χ4v) is 4.89. The lowest BCUT2D eigenvalue weighted by Crippen LogP contribution is -2.59. The van der Waals surface area contributed by atoms with Crippen LogP contribution in [0, 0.1) is 6.92 Å². The molecule has 120 valence electrons. The number of fused-ring (bicyclic) bond motifs is 1. The Kier molecular flexibility index (Phi) is 3.81. The summed E-state index contributed by atoms with van der Waals surface area (Å²) in [7, 11) is 18.7. The Labute approximate surface area is 157 Å². The Bertz CT molecular complexity index is 895. The summed E-state index contributed by atoms with van der Waals surface area (Å²) in [6.45, 7) is 1.95. The molecule has 1 fully saturated rings. The summed E-state index contributed by atoms with van der Waals surface area (Å²) in [5, 5.41) is 1.06. The van der Waals surface area contributed by atoms with Crippen molar-refractivity contribution in [3.05, 3.63) is 40.2 Å². The van der Waals surface area contributed by atoms with E-state index in [1.165, 1.54) is 0 Å². The lowest BCUT2D eigenvalue weighted by Gasteiger charge is -2.47. The van der Waals surface area contributed by atoms with Crippen LogP contribution in [0.4, 0.5) is 5.69 Å². The lowest BCUT2D eigenvalue weighted by molar-refractivity contribution is 0.559. The predicted molar refractivity (Wildman–Crippen MR) is 129 cm³/mol. The number of nitrogens with zero attached hydrogens (tertiary/aromatic N) is 1. The molecule has 11 heteroatoms. The van der Waals surface area contributed by atoms with Crippen molar-refractivity contribution in [2.24, 2.45) is 0 Å². The van der Waals surface area contributed by atoms with Crippen LogP contribution in [-0.2, 0) is 0 Å². The molecule has 1 aliphatic heterocycles. The second-order valence-electron chi connectivity index (χ2n) is 9.63. The summed E-state index contributed by atoms with van der Waals surface area (Å²) >= 11 is 0. The van der Waals surface area contributed by atoms with Crippen LogP contribution in [0.15, 0.2) is 33.5 Å². The highest BCUT2D eigenvalue weighted by Crippen LogP contribution is 2.64. The Morgan fingerprint density at radius 1 is 0.880 bits per heavy atom. The van der Waals surface area contributed by atoms with Gasteiger partial charge in [0.1, 0.15) is 37.0 Å². The van der Waals surface area contributed by atoms with Crippen molar-refractivity contribution in [1.29, 1.82) is 0 Å². The Hall–Kier alpha value is -1.25. The lowest BCUT2D eigenvalue weighted by atomic mass is 9.17. The predicted octanol–water partition coefficient (Wildman–Crippen LogP) is -5.47. The van der Waals surface area contributed by atoms with Crippen LogP contribution in [0.3, 0.4) is 0 Å². The number of anilines is 1. The number of rotatable bonds is 1. The van der Waals surface area contributed by atoms with E-state index in [-0.39, 0.29) is 26.7 Å². The molecule has 3 rings (SSSR count). The van der Waals surface area contributed by atoms with E-state index in [0.29, 0.717) is 5.58 Å². The molecule has 1 aliphatic rings. The third-order valence-corrected chi connectivity index (χ3v) is 7.93. The van der Waals surface area contributed by atoms with Gasteiger partial charge in [0, 0.05) is 23.2 Å². The van der Waals surface area contributed by atoms with E-state index in [4.69, 9.17) is 4.42 Å². The highest BCUT2D eigenvalue weighted by atomic mass is 16.4. The average molecular weight is 324 g/mol. The van der Waals surface area contributed by atoms with E-state index in [1.807, 2.05) is 13.0 Å². The second kappa shape index (κ2) is 5.14. The number of hydrogen-bond donors (Lipinski definition) is 0. The quantitative estimate of drug-likeness (QED) is 0.388. The molecule has 0 spiro atoms. The molecule has 0 N–H and O–H groups in total. The van der Waals surface area contributed by atoms with Gasteiger partial charge in [0.2, 0.25) is 0 Å². The van der Waals surface area contributed by atoms with Crippen molar-refractivity contribution >= 4 is 79.4 Å². The third kappa shape index (κ3) is 2.20. The molecule has 1 aromatic heterocycles. The van der Waals surface area contributed by atoms with Crippen molar-refractivity contribution < 1.29 is 4.42 Å². The molecule has 25 heavy (non-hydrogen) atoms. The van der Waals surface area contributed by atoms with Gasteiger partial charge in [-0.3, -0.25) is 0 Å². The fraction of sp³-hybridized carbons (Fsp3) is 0.357. The molecule has 0 bridgehead atoms. The molecule has 0 aliphatic carbocycles. The van der Waals surface area contributed by atoms with Gasteiger partial charge in [-0.15, -0.1) is 0 Å². The van der Waals surface area contributed by atoms with Crippen molar-refractivity contribution in [2.75, 3.05) is 4.90 Å². The van der Waals surface area contributed by atoms with Gasteiger partial charge < -0.3 is 9.32 Å². The van der Waals surface area contributed by atoms with E-state index < -0.39 is 0 Å². The number of aryl methyl sites for hydroxylation is 1. The van der Waals surface area contributed by atoms with Crippen molar-refractivity contribution in [2.45, 2.75) is 28.0 Å². The number of benzene rings is 1. The van der Waals surface area contributed by atoms with E-state index in [0.717, 1.165) is 16.6 Å². The summed E-state index contributed by atoms with van der Waals surface area (Å²) in [6, 6.07) is 7.83. The summed E-state index contributed by atoms with van der Waals surface area (Å²) in [5.74, 6) is 0. The highest BCUT2D eigenvalue weighted by molar-refractivity contribution is 6.69. The molecule has 2 heterocycles. The van der Waals surface area contributed by atoms with Crippen LogP contribution in [0.5, 0.6) is 0 Å². The standard InChI is InChI=1S/C14H23B8NO2/c1-6-4-10(24)25-9-5-7(2-3-8(6)9)23-13(19,20)11(15,16)12(17,18)14(23,21)22/h2-5H,15-22H2,1H3. The smallest absolute Gasteiger partial charge is 0.336 e. The minimum Gasteiger partial charge on any atom is -0.423 e. The zero-order valence-electron chi connectivity index (χ0n) is 17.1. The van der Waals surface area contributed by atoms with Crippen molar-refractivity contribution in [3.8, 4) is 0 Å². The first-order chi connectivity index (χ1) is 11.2. The van der Waals surface area contributed by atoms with E-state index in [1.54, 1.807) is 6.07 Å². The molecule has 3 nitrogen and oxygen atoms in total. The zero-order chi connectivity index (χ0) is 19.0. The van der Waals surface area contributed by atoms with Gasteiger partial charge in [0.05, 0.1) is 31.4 Å². The van der Waals surface area contributed by atoms with Crippen LogP contribution in [0.2, 0.25) is 10.4 Å². The van der Waals surface area contributed by atoms with E-state index >= 15 is 0 Å². The van der Waals surface area contributed by atoms with Crippen LogP contribution in [-0.4, -0.2) is 73.4 Å². The summed E-state index contributed by atoms with van der Waals surface area (Å²) < 4.78 is 5.50. The van der Waals surface area contributed by atoms with Gasteiger partial charge in [-0.2, -0.15) is 0 Å². The molecule has 2 aromatic rings. The maximum absolute atomic E-state index is 11.8.